The third kappa shape index (κ3) is 4.08. The van der Waals surface area contributed by atoms with Crippen molar-refractivity contribution < 1.29 is 17.2 Å². The maximum atomic E-state index is 13.7. The van der Waals surface area contributed by atoms with Crippen LogP contribution in [0, 0.1) is 36.8 Å². The second kappa shape index (κ2) is 7.25. The Labute approximate surface area is 143 Å². The van der Waals surface area contributed by atoms with Crippen molar-refractivity contribution in [3.05, 3.63) is 45.2 Å². The molecule has 0 aliphatic rings. The molecule has 0 bridgehead atoms. The number of anilines is 1. The van der Waals surface area contributed by atoms with Crippen LogP contribution < -0.4 is 10.0 Å². The van der Waals surface area contributed by atoms with Gasteiger partial charge in [-0.05, 0) is 32.0 Å². The van der Waals surface area contributed by atoms with Crippen molar-refractivity contribution in [2.24, 2.45) is 0 Å². The van der Waals surface area contributed by atoms with Crippen molar-refractivity contribution in [1.82, 2.24) is 4.72 Å². The van der Waals surface area contributed by atoms with Crippen LogP contribution in [0.1, 0.15) is 15.3 Å². The molecule has 0 unspecified atom stereocenters. The highest BCUT2D eigenvalue weighted by Crippen LogP contribution is 2.24. The number of benzene rings is 1. The molecule has 1 aromatic carbocycles. The minimum Gasteiger partial charge on any atom is -0.379 e. The lowest BCUT2D eigenvalue weighted by Gasteiger charge is -2.10. The van der Waals surface area contributed by atoms with E-state index < -0.39 is 27.3 Å². The van der Waals surface area contributed by atoms with Crippen molar-refractivity contribution in [3.63, 3.8) is 0 Å². The van der Waals surface area contributed by atoms with Gasteiger partial charge >= 0.3 is 0 Å². The van der Waals surface area contributed by atoms with Gasteiger partial charge in [0.15, 0.2) is 11.6 Å². The minimum absolute atomic E-state index is 0.0128. The van der Waals surface area contributed by atoms with Crippen molar-refractivity contribution in [3.8, 4) is 6.07 Å². The minimum atomic E-state index is -3.67. The molecule has 1 aromatic heterocycles. The Hall–Kier alpha value is -2.02. The Morgan fingerprint density at radius 1 is 1.17 bits per heavy atom. The van der Waals surface area contributed by atoms with E-state index in [1.54, 1.807) is 19.1 Å². The van der Waals surface area contributed by atoms with E-state index in [0.717, 1.165) is 17.0 Å². The van der Waals surface area contributed by atoms with Gasteiger partial charge in [0.05, 0.1) is 16.5 Å². The first-order valence-electron chi connectivity index (χ1n) is 6.94. The number of hydrogen-bond acceptors (Lipinski definition) is 5. The number of aryl methyl sites for hydroxylation is 2. The van der Waals surface area contributed by atoms with E-state index in [1.165, 1.54) is 11.3 Å². The summed E-state index contributed by atoms with van der Waals surface area (Å²) in [5.74, 6) is -1.81. The zero-order chi connectivity index (χ0) is 17.9. The molecule has 24 heavy (non-hydrogen) atoms. The Balaban J connectivity index is 1.99. The van der Waals surface area contributed by atoms with Crippen LogP contribution in [-0.4, -0.2) is 21.5 Å². The standard InChI is InChI=1S/C15H15F2N3O2S2/c1-9-5-14(10(2)23-9)24(21,22)20-4-3-19-15-12(16)6-11(8-18)7-13(15)17/h5-7,19-20H,3-4H2,1-2H3. The molecule has 9 heteroatoms. The van der Waals surface area contributed by atoms with Gasteiger partial charge in [-0.3, -0.25) is 0 Å². The number of nitriles is 1. The van der Waals surface area contributed by atoms with Gasteiger partial charge in [-0.15, -0.1) is 11.3 Å². The SMILES string of the molecule is Cc1cc(S(=O)(=O)NCCNc2c(F)cc(C#N)cc2F)c(C)s1. The molecule has 0 spiro atoms. The highest BCUT2D eigenvalue weighted by molar-refractivity contribution is 7.89. The van der Waals surface area contributed by atoms with Gasteiger partial charge in [-0.1, -0.05) is 0 Å². The highest BCUT2D eigenvalue weighted by Gasteiger charge is 2.18. The third-order valence-corrected chi connectivity index (χ3v) is 5.86. The van der Waals surface area contributed by atoms with E-state index in [-0.39, 0.29) is 23.5 Å². The van der Waals surface area contributed by atoms with Crippen molar-refractivity contribution in [1.29, 1.82) is 5.26 Å². The van der Waals surface area contributed by atoms with Crippen molar-refractivity contribution >= 4 is 27.0 Å². The lowest BCUT2D eigenvalue weighted by Crippen LogP contribution is -2.29. The van der Waals surface area contributed by atoms with Crippen LogP contribution in [-0.2, 0) is 10.0 Å². The van der Waals surface area contributed by atoms with Crippen LogP contribution in [0.15, 0.2) is 23.1 Å². The van der Waals surface area contributed by atoms with Gasteiger partial charge in [0.25, 0.3) is 0 Å². The van der Waals surface area contributed by atoms with E-state index in [4.69, 9.17) is 5.26 Å². The monoisotopic (exact) mass is 371 g/mol. The number of thiophene rings is 1. The summed E-state index contributed by atoms with van der Waals surface area (Å²) in [6.45, 7) is 3.47. The number of rotatable bonds is 6. The molecule has 0 aliphatic heterocycles. The molecule has 0 aliphatic carbocycles. The van der Waals surface area contributed by atoms with Gasteiger partial charge in [0.2, 0.25) is 10.0 Å². The maximum absolute atomic E-state index is 13.7. The maximum Gasteiger partial charge on any atom is 0.241 e. The van der Waals surface area contributed by atoms with E-state index in [1.807, 2.05) is 6.92 Å². The third-order valence-electron chi connectivity index (χ3n) is 3.18. The molecule has 2 N–H and O–H groups in total. The molecule has 0 saturated heterocycles. The van der Waals surface area contributed by atoms with Crippen LogP contribution in [0.25, 0.3) is 0 Å². The number of nitrogens with zero attached hydrogens (tertiary/aromatic N) is 1. The molecule has 2 rings (SSSR count). The largest absolute Gasteiger partial charge is 0.379 e. The zero-order valence-electron chi connectivity index (χ0n) is 13.0. The summed E-state index contributed by atoms with van der Waals surface area (Å²) in [7, 11) is -3.67. The summed E-state index contributed by atoms with van der Waals surface area (Å²) in [5, 5.41) is 11.1. The summed E-state index contributed by atoms with van der Waals surface area (Å²) in [6, 6.07) is 5.05. The van der Waals surface area contributed by atoms with Crippen LogP contribution in [0.4, 0.5) is 14.5 Å². The predicted octanol–water partition coefficient (Wildman–Crippen LogP) is 2.91. The predicted molar refractivity (Wildman–Crippen MR) is 88.5 cm³/mol. The number of halogens is 2. The fraction of sp³-hybridized carbons (Fsp3) is 0.267. The Bertz CT molecular complexity index is 879. The van der Waals surface area contributed by atoms with Crippen LogP contribution in [0.5, 0.6) is 0 Å². The van der Waals surface area contributed by atoms with E-state index >= 15 is 0 Å². The van der Waals surface area contributed by atoms with Crippen molar-refractivity contribution in [2.45, 2.75) is 18.7 Å². The summed E-state index contributed by atoms with van der Waals surface area (Å²) in [6.07, 6.45) is 0. The summed E-state index contributed by atoms with van der Waals surface area (Å²) >= 11 is 1.38. The average molecular weight is 371 g/mol. The fourth-order valence-corrected chi connectivity index (χ4v) is 4.72. The number of hydrogen-bond donors (Lipinski definition) is 2. The lowest BCUT2D eigenvalue weighted by molar-refractivity contribution is 0.580. The second-order valence-corrected chi connectivity index (χ2v) is 8.22. The van der Waals surface area contributed by atoms with Crippen molar-refractivity contribution in [2.75, 3.05) is 18.4 Å². The Morgan fingerprint density at radius 2 is 1.79 bits per heavy atom. The topological polar surface area (TPSA) is 82.0 Å². The number of nitrogens with one attached hydrogen (secondary N) is 2. The quantitative estimate of drug-likeness (QED) is 0.765. The van der Waals surface area contributed by atoms with Gasteiger partial charge in [0, 0.05) is 22.8 Å². The van der Waals surface area contributed by atoms with Gasteiger partial charge < -0.3 is 5.32 Å². The van der Waals surface area contributed by atoms with E-state index in [0.29, 0.717) is 4.88 Å². The summed E-state index contributed by atoms with van der Waals surface area (Å²) in [5.41, 5.74) is -0.518. The fourth-order valence-electron chi connectivity index (χ4n) is 2.13. The van der Waals surface area contributed by atoms with Gasteiger partial charge in [0.1, 0.15) is 5.69 Å². The van der Waals surface area contributed by atoms with E-state index in [2.05, 4.69) is 10.0 Å². The molecule has 0 saturated carbocycles. The summed E-state index contributed by atoms with van der Waals surface area (Å²) in [4.78, 5) is 1.77. The van der Waals surface area contributed by atoms with Gasteiger partial charge in [-0.25, -0.2) is 21.9 Å². The molecule has 0 fully saturated rings. The average Bonchev–Trinajstić information content (AvgIpc) is 2.85. The van der Waals surface area contributed by atoms with E-state index in [9.17, 15) is 17.2 Å². The molecule has 2 aromatic rings. The van der Waals surface area contributed by atoms with Crippen LogP contribution >= 0.6 is 11.3 Å². The molecular weight excluding hydrogens is 356 g/mol. The number of sulfonamides is 1. The van der Waals surface area contributed by atoms with Crippen LogP contribution in [0.2, 0.25) is 0 Å². The Morgan fingerprint density at radius 3 is 2.29 bits per heavy atom. The lowest BCUT2D eigenvalue weighted by atomic mass is 10.2. The molecule has 0 amide bonds. The normalized spacial score (nSPS) is 11.3. The second-order valence-electron chi connectivity index (χ2n) is 5.03. The molecule has 128 valence electrons. The molecular formula is C15H15F2N3O2S2. The molecule has 1 heterocycles. The molecule has 5 nitrogen and oxygen atoms in total. The first-order chi connectivity index (χ1) is 11.2. The Kier molecular flexibility index (Phi) is 5.54. The highest BCUT2D eigenvalue weighted by atomic mass is 32.2. The molecule has 0 radical (unpaired) electrons. The first kappa shape index (κ1) is 18.3. The van der Waals surface area contributed by atoms with Crippen LogP contribution in [0.3, 0.4) is 0 Å². The summed E-state index contributed by atoms with van der Waals surface area (Å²) < 4.78 is 54.1. The first-order valence-corrected chi connectivity index (χ1v) is 9.24. The molecule has 0 atom stereocenters. The van der Waals surface area contributed by atoms with Gasteiger partial charge in [-0.2, -0.15) is 5.26 Å². The smallest absolute Gasteiger partial charge is 0.241 e. The zero-order valence-corrected chi connectivity index (χ0v) is 14.6.